The molecule has 2 aromatic rings. The van der Waals surface area contributed by atoms with Crippen LogP contribution in [0.15, 0.2) is 6.20 Å². The fourth-order valence-corrected chi connectivity index (χ4v) is 2.69. The Labute approximate surface area is 109 Å². The number of fused-ring (bicyclic) bond motifs is 1. The summed E-state index contributed by atoms with van der Waals surface area (Å²) in [7, 11) is 0. The van der Waals surface area contributed by atoms with Crippen LogP contribution in [-0.4, -0.2) is 28.5 Å². The Morgan fingerprint density at radius 3 is 3.00 bits per heavy atom. The number of nitrogens with one attached hydrogen (secondary N) is 2. The number of primary amides is 1. The molecule has 98 valence electrons. The summed E-state index contributed by atoms with van der Waals surface area (Å²) >= 11 is 1.69. The van der Waals surface area contributed by atoms with Gasteiger partial charge in [0.2, 0.25) is 0 Å². The smallest absolute Gasteiger partial charge is 0.312 e. The monoisotopic (exact) mass is 267 g/mol. The van der Waals surface area contributed by atoms with E-state index in [4.69, 9.17) is 5.73 Å². The topological polar surface area (TPSA) is 84.5 Å². The van der Waals surface area contributed by atoms with Crippen LogP contribution in [0.3, 0.4) is 0 Å². The van der Waals surface area contributed by atoms with Gasteiger partial charge in [0, 0.05) is 30.7 Å². The number of carbonyl (C=O) groups is 1. The minimum absolute atomic E-state index is 0.492. The Hall–Kier alpha value is -1.60. The molecule has 0 bridgehead atoms. The van der Waals surface area contributed by atoms with Crippen LogP contribution >= 0.6 is 11.3 Å². The van der Waals surface area contributed by atoms with Crippen LogP contribution in [0, 0.1) is 13.8 Å². The van der Waals surface area contributed by atoms with Gasteiger partial charge in [-0.3, -0.25) is 4.40 Å². The second-order valence-corrected chi connectivity index (χ2v) is 5.32. The molecule has 0 atom stereocenters. The van der Waals surface area contributed by atoms with Gasteiger partial charge >= 0.3 is 6.03 Å². The van der Waals surface area contributed by atoms with Crippen LogP contribution in [0.4, 0.5) is 4.79 Å². The van der Waals surface area contributed by atoms with Gasteiger partial charge in [-0.1, -0.05) is 0 Å². The van der Waals surface area contributed by atoms with Crippen molar-refractivity contribution < 1.29 is 4.79 Å². The SMILES string of the molecule is Cc1cn2c(CNCCNC(N)=O)c(C)nc2s1. The molecule has 18 heavy (non-hydrogen) atoms. The van der Waals surface area contributed by atoms with Crippen LogP contribution in [0.25, 0.3) is 4.96 Å². The van der Waals surface area contributed by atoms with Crippen molar-refractivity contribution in [1.82, 2.24) is 20.0 Å². The molecule has 0 unspecified atom stereocenters. The number of urea groups is 1. The number of imidazole rings is 1. The molecular weight excluding hydrogens is 250 g/mol. The fraction of sp³-hybridized carbons (Fsp3) is 0.455. The average molecular weight is 267 g/mol. The van der Waals surface area contributed by atoms with E-state index in [0.717, 1.165) is 22.9 Å². The molecule has 2 aromatic heterocycles. The number of amides is 2. The summed E-state index contributed by atoms with van der Waals surface area (Å²) in [6.07, 6.45) is 2.10. The summed E-state index contributed by atoms with van der Waals surface area (Å²) in [5, 5.41) is 5.80. The van der Waals surface area contributed by atoms with Crippen molar-refractivity contribution >= 4 is 22.3 Å². The molecule has 4 N–H and O–H groups in total. The first-order valence-corrected chi connectivity index (χ1v) is 6.57. The van der Waals surface area contributed by atoms with Gasteiger partial charge in [-0.2, -0.15) is 0 Å². The summed E-state index contributed by atoms with van der Waals surface area (Å²) in [5.41, 5.74) is 7.18. The Morgan fingerprint density at radius 1 is 1.50 bits per heavy atom. The predicted octanol–water partition coefficient (Wildman–Crippen LogP) is 0.771. The molecule has 0 aliphatic heterocycles. The maximum atomic E-state index is 10.5. The van der Waals surface area contributed by atoms with Gasteiger partial charge in [-0.05, 0) is 13.8 Å². The second-order valence-electron chi connectivity index (χ2n) is 4.11. The Bertz CT molecular complexity index is 559. The zero-order valence-electron chi connectivity index (χ0n) is 10.5. The van der Waals surface area contributed by atoms with E-state index >= 15 is 0 Å². The first-order valence-electron chi connectivity index (χ1n) is 5.76. The van der Waals surface area contributed by atoms with Gasteiger partial charge in [-0.15, -0.1) is 11.3 Å². The fourth-order valence-electron chi connectivity index (χ4n) is 1.80. The molecule has 0 spiro atoms. The summed E-state index contributed by atoms with van der Waals surface area (Å²) in [4.78, 5) is 17.3. The van der Waals surface area contributed by atoms with Crippen molar-refractivity contribution in [1.29, 1.82) is 0 Å². The highest BCUT2D eigenvalue weighted by Gasteiger charge is 2.10. The zero-order chi connectivity index (χ0) is 13.1. The van der Waals surface area contributed by atoms with Crippen LogP contribution in [0.2, 0.25) is 0 Å². The van der Waals surface area contributed by atoms with Crippen LogP contribution in [0.5, 0.6) is 0 Å². The number of hydrogen-bond donors (Lipinski definition) is 3. The third-order valence-corrected chi connectivity index (χ3v) is 3.53. The van der Waals surface area contributed by atoms with Gasteiger partial charge in [-0.25, -0.2) is 9.78 Å². The van der Waals surface area contributed by atoms with Crippen LogP contribution in [0.1, 0.15) is 16.3 Å². The number of aromatic nitrogens is 2. The van der Waals surface area contributed by atoms with E-state index in [1.54, 1.807) is 11.3 Å². The van der Waals surface area contributed by atoms with Gasteiger partial charge in [0.1, 0.15) is 0 Å². The minimum Gasteiger partial charge on any atom is -0.352 e. The number of nitrogens with two attached hydrogens (primary N) is 1. The molecule has 2 heterocycles. The van der Waals surface area contributed by atoms with E-state index in [2.05, 4.69) is 33.1 Å². The molecular formula is C11H17N5OS. The average Bonchev–Trinajstić information content (AvgIpc) is 2.75. The minimum atomic E-state index is -0.492. The lowest BCUT2D eigenvalue weighted by molar-refractivity contribution is 0.249. The molecule has 0 aromatic carbocycles. The molecule has 0 saturated carbocycles. The molecule has 2 rings (SSSR count). The van der Waals surface area contributed by atoms with Crippen molar-refractivity contribution in [2.24, 2.45) is 5.73 Å². The standard InChI is InChI=1S/C11H17N5OS/c1-7-6-16-9(8(2)15-11(16)18-7)5-13-3-4-14-10(12)17/h6,13H,3-5H2,1-2H3,(H3,12,14,17). The van der Waals surface area contributed by atoms with E-state index in [1.165, 1.54) is 4.88 Å². The largest absolute Gasteiger partial charge is 0.352 e. The normalized spacial score (nSPS) is 11.0. The predicted molar refractivity (Wildman–Crippen MR) is 71.8 cm³/mol. The number of thiazole rings is 1. The second kappa shape index (κ2) is 5.36. The molecule has 0 aliphatic rings. The van der Waals surface area contributed by atoms with Crippen molar-refractivity contribution in [3.05, 3.63) is 22.5 Å². The summed E-state index contributed by atoms with van der Waals surface area (Å²) in [6.45, 7) is 6.01. The molecule has 2 amide bonds. The van der Waals surface area contributed by atoms with Crippen molar-refractivity contribution in [2.45, 2.75) is 20.4 Å². The third kappa shape index (κ3) is 2.80. The lowest BCUT2D eigenvalue weighted by Crippen LogP contribution is -2.35. The van der Waals surface area contributed by atoms with E-state index in [1.807, 2.05) is 6.92 Å². The van der Waals surface area contributed by atoms with E-state index in [0.29, 0.717) is 13.1 Å². The highest BCUT2D eigenvalue weighted by molar-refractivity contribution is 7.17. The quantitative estimate of drug-likeness (QED) is 0.700. The van der Waals surface area contributed by atoms with Crippen molar-refractivity contribution in [2.75, 3.05) is 13.1 Å². The lowest BCUT2D eigenvalue weighted by Gasteiger charge is -2.05. The van der Waals surface area contributed by atoms with E-state index < -0.39 is 6.03 Å². The van der Waals surface area contributed by atoms with Gasteiger partial charge < -0.3 is 16.4 Å². The van der Waals surface area contributed by atoms with E-state index in [-0.39, 0.29) is 0 Å². The van der Waals surface area contributed by atoms with Gasteiger partial charge in [0.05, 0.1) is 11.4 Å². The van der Waals surface area contributed by atoms with Crippen LogP contribution < -0.4 is 16.4 Å². The first kappa shape index (κ1) is 12.8. The first-order chi connectivity index (χ1) is 8.58. The third-order valence-electron chi connectivity index (χ3n) is 2.63. The number of carbonyl (C=O) groups excluding carboxylic acids is 1. The lowest BCUT2D eigenvalue weighted by atomic mass is 10.3. The van der Waals surface area contributed by atoms with Crippen molar-refractivity contribution in [3.63, 3.8) is 0 Å². The number of aryl methyl sites for hydroxylation is 2. The van der Waals surface area contributed by atoms with E-state index in [9.17, 15) is 4.79 Å². The Balaban J connectivity index is 1.94. The molecule has 0 saturated heterocycles. The van der Waals surface area contributed by atoms with Crippen LogP contribution in [-0.2, 0) is 6.54 Å². The molecule has 6 nitrogen and oxygen atoms in total. The van der Waals surface area contributed by atoms with Gasteiger partial charge in [0.15, 0.2) is 4.96 Å². The summed E-state index contributed by atoms with van der Waals surface area (Å²) in [6, 6.07) is -0.492. The Kier molecular flexibility index (Phi) is 3.83. The summed E-state index contributed by atoms with van der Waals surface area (Å²) < 4.78 is 2.11. The number of rotatable bonds is 5. The molecule has 7 heteroatoms. The number of nitrogens with zero attached hydrogens (tertiary/aromatic N) is 2. The summed E-state index contributed by atoms with van der Waals surface area (Å²) in [5.74, 6) is 0. The number of hydrogen-bond acceptors (Lipinski definition) is 4. The molecule has 0 radical (unpaired) electrons. The highest BCUT2D eigenvalue weighted by Crippen LogP contribution is 2.20. The maximum absolute atomic E-state index is 10.5. The zero-order valence-corrected chi connectivity index (χ0v) is 11.3. The van der Waals surface area contributed by atoms with Crippen molar-refractivity contribution in [3.8, 4) is 0 Å². The Morgan fingerprint density at radius 2 is 2.28 bits per heavy atom. The molecule has 0 aliphatic carbocycles. The maximum Gasteiger partial charge on any atom is 0.312 e. The highest BCUT2D eigenvalue weighted by atomic mass is 32.1. The molecule has 0 fully saturated rings. The van der Waals surface area contributed by atoms with Gasteiger partial charge in [0.25, 0.3) is 0 Å².